The molecule has 0 fully saturated rings. The average Bonchev–Trinajstić information content (AvgIpc) is 3.73. The van der Waals surface area contributed by atoms with Gasteiger partial charge >= 0.3 is 0 Å². The number of aromatic hydroxyl groups is 1. The minimum Gasteiger partial charge on any atom is -0.507 e. The second-order valence-corrected chi connectivity index (χ2v) is 9.95. The second-order valence-electron chi connectivity index (χ2n) is 9.95. The number of H-pyrrole nitrogens is 2. The minimum atomic E-state index is 0. The molecule has 9 rings (SSSR count). The van der Waals surface area contributed by atoms with Crippen molar-refractivity contribution in [2.24, 2.45) is 0 Å². The molecule has 201 valence electrons. The fourth-order valence-electron chi connectivity index (χ4n) is 5.67. The summed E-state index contributed by atoms with van der Waals surface area (Å²) in [5.74, 6) is 2.19. The number of phenolic OH excluding ortho intramolecular Hbond substituents is 1. The van der Waals surface area contributed by atoms with Crippen LogP contribution in [0.25, 0.3) is 89.7 Å². The Morgan fingerprint density at radius 3 is 1.29 bits per heavy atom. The number of phenols is 1. The number of aromatic nitrogens is 8. The molecule has 0 saturated heterocycles. The number of rotatable bonds is 0. The molecule has 3 N–H and O–H groups in total. The molecule has 2 aliphatic heterocycles. The minimum absolute atomic E-state index is 0. The summed E-state index contributed by atoms with van der Waals surface area (Å²) in [4.78, 5) is 36.3. The fraction of sp³-hybridized carbons (Fsp3) is 0. The fourth-order valence-corrected chi connectivity index (χ4v) is 5.67. The molecule has 0 aliphatic carbocycles. The third kappa shape index (κ3) is 3.49. The summed E-state index contributed by atoms with van der Waals surface area (Å²) in [6.07, 6.45) is 0. The Balaban J connectivity index is 0.00000267. The predicted molar refractivity (Wildman–Crippen MR) is 158 cm³/mol. The van der Waals surface area contributed by atoms with Crippen LogP contribution < -0.4 is 0 Å². The molecule has 2 aliphatic rings. The SMILES string of the molecule is Oc1cccc2c3nc4nc(nc5[nH]c(nc6nc(nc([nH]3)c12)-c1ccccc1-6)c1ccccc51)-c1ccccc1-4.[Co]. The van der Waals surface area contributed by atoms with Crippen molar-refractivity contribution in [3.05, 3.63) is 91.0 Å². The maximum atomic E-state index is 10.9. The molecular weight excluding hydrogens is 571 g/mol. The summed E-state index contributed by atoms with van der Waals surface area (Å²) >= 11 is 0. The summed E-state index contributed by atoms with van der Waals surface area (Å²) in [6.45, 7) is 0. The smallest absolute Gasteiger partial charge is 0.164 e. The first-order valence-electron chi connectivity index (χ1n) is 13.1. The Labute approximate surface area is 247 Å². The molecule has 3 aromatic heterocycles. The van der Waals surface area contributed by atoms with E-state index in [1.165, 1.54) is 0 Å². The summed E-state index contributed by atoms with van der Waals surface area (Å²) in [5.41, 5.74) is 5.74. The molecule has 4 aromatic carbocycles. The molecule has 0 atom stereocenters. The first-order valence-corrected chi connectivity index (χ1v) is 13.1. The van der Waals surface area contributed by atoms with Gasteiger partial charge in [-0.25, -0.2) is 29.9 Å². The first-order chi connectivity index (χ1) is 20.2. The topological polar surface area (TPSA) is 129 Å². The molecule has 7 aromatic rings. The van der Waals surface area contributed by atoms with Crippen LogP contribution in [0.4, 0.5) is 0 Å². The van der Waals surface area contributed by atoms with Crippen LogP contribution >= 0.6 is 0 Å². The number of hydrogen-bond donors (Lipinski definition) is 3. The van der Waals surface area contributed by atoms with Crippen LogP contribution in [0.15, 0.2) is 91.0 Å². The number of nitrogens with one attached hydrogen (secondary N) is 2. The van der Waals surface area contributed by atoms with Gasteiger partial charge in [0.05, 0.1) is 5.39 Å². The molecule has 0 spiro atoms. The van der Waals surface area contributed by atoms with Gasteiger partial charge in [-0.3, -0.25) is 0 Å². The van der Waals surface area contributed by atoms with Crippen LogP contribution in [-0.2, 0) is 16.8 Å². The van der Waals surface area contributed by atoms with Gasteiger partial charge in [0, 0.05) is 55.2 Å². The van der Waals surface area contributed by atoms with Crippen LogP contribution in [0.3, 0.4) is 0 Å². The maximum Gasteiger partial charge on any atom is 0.164 e. The number of nitrogens with zero attached hydrogens (tertiary/aromatic N) is 6. The van der Waals surface area contributed by atoms with Crippen molar-refractivity contribution in [1.29, 1.82) is 0 Å². The normalized spacial score (nSPS) is 11.7. The first kappa shape index (κ1) is 24.4. The zero-order chi connectivity index (χ0) is 27.1. The van der Waals surface area contributed by atoms with Gasteiger partial charge in [-0.05, 0) is 6.07 Å². The molecular formula is C32H18CoN8O. The molecule has 0 unspecified atom stereocenters. The van der Waals surface area contributed by atoms with E-state index in [4.69, 9.17) is 29.9 Å². The van der Waals surface area contributed by atoms with E-state index >= 15 is 0 Å². The van der Waals surface area contributed by atoms with Gasteiger partial charge in [-0.2, -0.15) is 0 Å². The number of aromatic amines is 2. The van der Waals surface area contributed by atoms with E-state index in [1.54, 1.807) is 12.1 Å². The Hall–Kier alpha value is -5.45. The summed E-state index contributed by atoms with van der Waals surface area (Å²) in [6, 6.07) is 29.1. The van der Waals surface area contributed by atoms with Gasteiger partial charge < -0.3 is 15.1 Å². The largest absolute Gasteiger partial charge is 0.507 e. The quantitative estimate of drug-likeness (QED) is 0.182. The van der Waals surface area contributed by atoms with E-state index in [2.05, 4.69) is 9.97 Å². The van der Waals surface area contributed by atoms with Crippen LogP contribution in [-0.4, -0.2) is 45.0 Å². The van der Waals surface area contributed by atoms with E-state index in [-0.39, 0.29) is 22.5 Å². The summed E-state index contributed by atoms with van der Waals surface area (Å²) in [7, 11) is 0. The van der Waals surface area contributed by atoms with Crippen molar-refractivity contribution in [2.45, 2.75) is 0 Å². The van der Waals surface area contributed by atoms with E-state index in [1.807, 2.05) is 78.9 Å². The molecule has 1 radical (unpaired) electrons. The monoisotopic (exact) mass is 589 g/mol. The summed E-state index contributed by atoms with van der Waals surface area (Å²) < 4.78 is 0. The molecule has 9 nitrogen and oxygen atoms in total. The van der Waals surface area contributed by atoms with Crippen molar-refractivity contribution < 1.29 is 21.9 Å². The van der Waals surface area contributed by atoms with Crippen molar-refractivity contribution in [2.75, 3.05) is 0 Å². The van der Waals surface area contributed by atoms with Gasteiger partial charge in [-0.15, -0.1) is 0 Å². The van der Waals surface area contributed by atoms with Crippen LogP contribution in [0.1, 0.15) is 0 Å². The van der Waals surface area contributed by atoms with Gasteiger partial charge in [0.15, 0.2) is 23.3 Å². The number of benzene rings is 4. The van der Waals surface area contributed by atoms with E-state index in [0.29, 0.717) is 51.3 Å². The number of hydrogen-bond acceptors (Lipinski definition) is 7. The average molecular weight is 589 g/mol. The van der Waals surface area contributed by atoms with Gasteiger partial charge in [-0.1, -0.05) is 84.9 Å². The van der Waals surface area contributed by atoms with Crippen molar-refractivity contribution in [1.82, 2.24) is 39.9 Å². The third-order valence-electron chi connectivity index (χ3n) is 7.56. The Bertz CT molecular complexity index is 2410. The molecule has 10 heteroatoms. The zero-order valence-corrected chi connectivity index (χ0v) is 22.7. The van der Waals surface area contributed by atoms with Crippen molar-refractivity contribution >= 4 is 44.1 Å². The van der Waals surface area contributed by atoms with Gasteiger partial charge in [0.25, 0.3) is 0 Å². The molecule has 8 bridgehead atoms. The van der Waals surface area contributed by atoms with Gasteiger partial charge in [0.2, 0.25) is 0 Å². The van der Waals surface area contributed by atoms with E-state index < -0.39 is 0 Å². The molecule has 0 amide bonds. The number of fused-ring (bicyclic) bond motifs is 20. The Kier molecular flexibility index (Phi) is 5.24. The van der Waals surface area contributed by atoms with E-state index in [0.717, 1.165) is 38.4 Å². The third-order valence-corrected chi connectivity index (χ3v) is 7.56. The van der Waals surface area contributed by atoms with E-state index in [9.17, 15) is 5.11 Å². The summed E-state index contributed by atoms with van der Waals surface area (Å²) in [5, 5.41) is 14.0. The Morgan fingerprint density at radius 2 is 0.786 bits per heavy atom. The van der Waals surface area contributed by atoms with Crippen LogP contribution in [0, 0.1) is 0 Å². The van der Waals surface area contributed by atoms with Crippen molar-refractivity contribution in [3.63, 3.8) is 0 Å². The standard InChI is InChI=1S/C32H18N8O.Co/c41-23-15-7-14-22-24(23)32-39-30-21-13-6-5-12-20(21)28(37-30)35-26-17-9-2-1-8-16(17)25(33-26)34-27-18-10-3-4-11-19(18)29(36-27)38-31(22)40-32;/h1-15,41H,(H2,33,34,35,36,37,38,39,40);. The van der Waals surface area contributed by atoms with Crippen LogP contribution in [0.5, 0.6) is 5.75 Å². The molecule has 42 heavy (non-hydrogen) atoms. The Morgan fingerprint density at radius 1 is 0.405 bits per heavy atom. The van der Waals surface area contributed by atoms with Gasteiger partial charge in [0.1, 0.15) is 28.3 Å². The molecule has 5 heterocycles. The molecule has 0 saturated carbocycles. The maximum absolute atomic E-state index is 10.9. The predicted octanol–water partition coefficient (Wildman–Crippen LogP) is 6.57. The van der Waals surface area contributed by atoms with Crippen molar-refractivity contribution in [3.8, 4) is 51.3 Å². The van der Waals surface area contributed by atoms with Crippen LogP contribution in [0.2, 0.25) is 0 Å². The second kappa shape index (κ2) is 9.03. The zero-order valence-electron chi connectivity index (χ0n) is 21.6.